The summed E-state index contributed by atoms with van der Waals surface area (Å²) in [5.41, 5.74) is 5.80. The number of aromatic nitrogens is 2. The molecule has 0 amide bonds. The van der Waals surface area contributed by atoms with Crippen molar-refractivity contribution in [2.75, 3.05) is 5.73 Å². The average molecular weight is 253 g/mol. The van der Waals surface area contributed by atoms with Crippen molar-refractivity contribution in [3.05, 3.63) is 47.2 Å². The van der Waals surface area contributed by atoms with Gasteiger partial charge in [0.1, 0.15) is 5.82 Å². The van der Waals surface area contributed by atoms with Gasteiger partial charge < -0.3 is 10.8 Å². The zero-order valence-electron chi connectivity index (χ0n) is 9.10. The van der Waals surface area contributed by atoms with E-state index in [1.165, 1.54) is 16.8 Å². The first kappa shape index (κ1) is 12.0. The molecule has 0 spiro atoms. The number of carboxylic acid groups (broad SMARTS) is 1. The quantitative estimate of drug-likeness (QED) is 0.868. The van der Waals surface area contributed by atoms with Crippen LogP contribution in [-0.4, -0.2) is 20.9 Å². The number of carboxylic acids is 1. The molecule has 0 atom stereocenters. The summed E-state index contributed by atoms with van der Waals surface area (Å²) in [4.78, 5) is 10.7. The highest BCUT2D eigenvalue weighted by Crippen LogP contribution is 2.13. The van der Waals surface area contributed by atoms with Gasteiger partial charge in [0, 0.05) is 6.07 Å². The van der Waals surface area contributed by atoms with E-state index in [1.807, 2.05) is 0 Å². The normalized spacial score (nSPS) is 10.6. The summed E-state index contributed by atoms with van der Waals surface area (Å²) < 4.78 is 26.9. The van der Waals surface area contributed by atoms with Gasteiger partial charge in [-0.25, -0.2) is 18.3 Å². The van der Waals surface area contributed by atoms with Crippen LogP contribution in [0.3, 0.4) is 0 Å². The summed E-state index contributed by atoms with van der Waals surface area (Å²) in [5.74, 6) is -2.99. The second-order valence-corrected chi connectivity index (χ2v) is 3.67. The number of nitrogens with zero attached hydrogens (tertiary/aromatic N) is 2. The molecule has 94 valence electrons. The highest BCUT2D eigenvalue weighted by molar-refractivity contribution is 5.86. The van der Waals surface area contributed by atoms with E-state index in [2.05, 4.69) is 5.10 Å². The summed E-state index contributed by atoms with van der Waals surface area (Å²) in [6.07, 6.45) is 0. The molecule has 2 rings (SSSR count). The lowest BCUT2D eigenvalue weighted by atomic mass is 10.2. The molecular formula is C11H9F2N3O2. The van der Waals surface area contributed by atoms with E-state index >= 15 is 0 Å². The Balaban J connectivity index is 2.28. The van der Waals surface area contributed by atoms with Crippen LogP contribution in [0.4, 0.5) is 14.6 Å². The van der Waals surface area contributed by atoms with Gasteiger partial charge in [-0.2, -0.15) is 5.10 Å². The van der Waals surface area contributed by atoms with Crippen molar-refractivity contribution in [3.8, 4) is 0 Å². The summed E-state index contributed by atoms with van der Waals surface area (Å²) in [5, 5.41) is 12.5. The number of carbonyl (C=O) groups is 1. The molecule has 5 nitrogen and oxygen atoms in total. The Morgan fingerprint density at radius 1 is 1.33 bits per heavy atom. The summed E-state index contributed by atoms with van der Waals surface area (Å²) in [6, 6.07) is 4.57. The number of nitrogen functional groups attached to an aromatic ring is 1. The van der Waals surface area contributed by atoms with E-state index in [4.69, 9.17) is 10.8 Å². The number of rotatable bonds is 3. The van der Waals surface area contributed by atoms with Crippen LogP contribution in [0, 0.1) is 11.6 Å². The molecule has 1 aromatic carbocycles. The van der Waals surface area contributed by atoms with Gasteiger partial charge in [-0.1, -0.05) is 6.07 Å². The van der Waals surface area contributed by atoms with Crippen LogP contribution >= 0.6 is 0 Å². The first-order valence-electron chi connectivity index (χ1n) is 4.98. The van der Waals surface area contributed by atoms with E-state index in [0.29, 0.717) is 5.56 Å². The predicted octanol–water partition coefficient (Wildman–Crippen LogP) is 1.49. The largest absolute Gasteiger partial charge is 0.476 e. The smallest absolute Gasteiger partial charge is 0.356 e. The molecule has 7 heteroatoms. The molecule has 0 unspecified atom stereocenters. The van der Waals surface area contributed by atoms with Crippen molar-refractivity contribution in [2.45, 2.75) is 6.54 Å². The molecule has 0 aliphatic heterocycles. The van der Waals surface area contributed by atoms with Crippen molar-refractivity contribution in [1.29, 1.82) is 0 Å². The molecule has 1 heterocycles. The van der Waals surface area contributed by atoms with Crippen LogP contribution in [0.5, 0.6) is 0 Å². The molecule has 0 bridgehead atoms. The molecule has 0 aliphatic rings. The molecule has 0 fully saturated rings. The second-order valence-electron chi connectivity index (χ2n) is 3.67. The standard InChI is InChI=1S/C11H9F2N3O2/c12-7-2-1-6(3-8(7)13)5-16-10(14)4-9(15-16)11(17)18/h1-4H,5,14H2,(H,17,18). The minimum Gasteiger partial charge on any atom is -0.476 e. The van der Waals surface area contributed by atoms with Crippen molar-refractivity contribution >= 4 is 11.8 Å². The number of benzene rings is 1. The minimum absolute atomic E-state index is 0.0658. The zero-order chi connectivity index (χ0) is 13.3. The van der Waals surface area contributed by atoms with Gasteiger partial charge in [-0.3, -0.25) is 0 Å². The molecule has 2 aromatic rings. The van der Waals surface area contributed by atoms with E-state index in [-0.39, 0.29) is 18.1 Å². The van der Waals surface area contributed by atoms with Crippen molar-refractivity contribution in [1.82, 2.24) is 9.78 Å². The van der Waals surface area contributed by atoms with Gasteiger partial charge in [0.15, 0.2) is 17.3 Å². The third-order valence-electron chi connectivity index (χ3n) is 2.35. The first-order chi connectivity index (χ1) is 8.47. The van der Waals surface area contributed by atoms with Crippen LogP contribution in [0.15, 0.2) is 24.3 Å². The Bertz CT molecular complexity index is 610. The number of halogens is 2. The third-order valence-corrected chi connectivity index (χ3v) is 2.35. The number of nitrogens with two attached hydrogens (primary N) is 1. The molecule has 18 heavy (non-hydrogen) atoms. The molecule has 0 radical (unpaired) electrons. The van der Waals surface area contributed by atoms with Crippen molar-refractivity contribution in [3.63, 3.8) is 0 Å². The summed E-state index contributed by atoms with van der Waals surface area (Å²) >= 11 is 0. The van der Waals surface area contributed by atoms with Crippen molar-refractivity contribution < 1.29 is 18.7 Å². The van der Waals surface area contributed by atoms with Gasteiger partial charge >= 0.3 is 5.97 Å². The lowest BCUT2D eigenvalue weighted by Crippen LogP contribution is -2.07. The molecule has 1 aromatic heterocycles. The van der Waals surface area contributed by atoms with Gasteiger partial charge in [-0.15, -0.1) is 0 Å². The fourth-order valence-corrected chi connectivity index (χ4v) is 1.47. The molecular weight excluding hydrogens is 244 g/mol. The van der Waals surface area contributed by atoms with Gasteiger partial charge in [0.2, 0.25) is 0 Å². The van der Waals surface area contributed by atoms with E-state index in [1.54, 1.807) is 0 Å². The highest BCUT2D eigenvalue weighted by Gasteiger charge is 2.12. The molecule has 0 saturated heterocycles. The summed E-state index contributed by atoms with van der Waals surface area (Å²) in [6.45, 7) is 0.0658. The van der Waals surface area contributed by atoms with E-state index in [0.717, 1.165) is 12.1 Å². The third kappa shape index (κ3) is 2.29. The van der Waals surface area contributed by atoms with Crippen molar-refractivity contribution in [2.24, 2.45) is 0 Å². The van der Waals surface area contributed by atoms with Crippen LogP contribution in [-0.2, 0) is 6.54 Å². The lowest BCUT2D eigenvalue weighted by Gasteiger charge is -2.04. The van der Waals surface area contributed by atoms with Crippen LogP contribution in [0.1, 0.15) is 16.1 Å². The molecule has 3 N–H and O–H groups in total. The summed E-state index contributed by atoms with van der Waals surface area (Å²) in [7, 11) is 0. The maximum atomic E-state index is 13.0. The second kappa shape index (κ2) is 4.44. The molecule has 0 saturated carbocycles. The number of aromatic carboxylic acids is 1. The van der Waals surface area contributed by atoms with E-state index < -0.39 is 17.6 Å². The zero-order valence-corrected chi connectivity index (χ0v) is 9.10. The van der Waals surface area contributed by atoms with Gasteiger partial charge in [-0.05, 0) is 17.7 Å². The fourth-order valence-electron chi connectivity index (χ4n) is 1.47. The van der Waals surface area contributed by atoms with Crippen LogP contribution < -0.4 is 5.73 Å². The topological polar surface area (TPSA) is 81.1 Å². The monoisotopic (exact) mass is 253 g/mol. The minimum atomic E-state index is -1.20. The number of hydrogen-bond acceptors (Lipinski definition) is 3. The average Bonchev–Trinajstić information content (AvgIpc) is 2.66. The van der Waals surface area contributed by atoms with Gasteiger partial charge in [0.25, 0.3) is 0 Å². The van der Waals surface area contributed by atoms with E-state index in [9.17, 15) is 13.6 Å². The SMILES string of the molecule is Nc1cc(C(=O)O)nn1Cc1ccc(F)c(F)c1. The Kier molecular flexibility index (Phi) is 2.97. The van der Waals surface area contributed by atoms with Gasteiger partial charge in [0.05, 0.1) is 6.54 Å². The fraction of sp³-hybridized carbons (Fsp3) is 0.0909. The lowest BCUT2D eigenvalue weighted by molar-refractivity contribution is 0.0689. The predicted molar refractivity (Wildman–Crippen MR) is 59.1 cm³/mol. The Hall–Kier alpha value is -2.44. The Labute approximate surface area is 100 Å². The Morgan fingerprint density at radius 2 is 2.06 bits per heavy atom. The number of anilines is 1. The first-order valence-corrected chi connectivity index (χ1v) is 4.98. The highest BCUT2D eigenvalue weighted by atomic mass is 19.2. The Morgan fingerprint density at radius 3 is 2.61 bits per heavy atom. The molecule has 0 aliphatic carbocycles. The maximum Gasteiger partial charge on any atom is 0.356 e. The maximum absolute atomic E-state index is 13.0. The van der Waals surface area contributed by atoms with Crippen LogP contribution in [0.2, 0.25) is 0 Å². The van der Waals surface area contributed by atoms with Crippen LogP contribution in [0.25, 0.3) is 0 Å². The number of hydrogen-bond donors (Lipinski definition) is 2.